The Morgan fingerprint density at radius 2 is 2.03 bits per heavy atom. The van der Waals surface area contributed by atoms with Gasteiger partial charge in [-0.05, 0) is 81.1 Å². The molecule has 2 aromatic carbocycles. The molecule has 2 atom stereocenters. The number of rotatable bonds is 5. The van der Waals surface area contributed by atoms with Gasteiger partial charge in [0.25, 0.3) is 5.91 Å². The molecule has 0 radical (unpaired) electrons. The van der Waals surface area contributed by atoms with Crippen LogP contribution in [-0.4, -0.2) is 33.0 Å². The number of hydrogen-bond donors (Lipinski definition) is 0. The molecule has 0 bridgehead atoms. The highest BCUT2D eigenvalue weighted by atomic mass is 35.5. The fraction of sp³-hybridized carbons (Fsp3) is 0.333. The first-order valence-electron chi connectivity index (χ1n) is 10.4. The van der Waals surface area contributed by atoms with Crippen molar-refractivity contribution in [3.05, 3.63) is 76.6 Å². The van der Waals surface area contributed by atoms with E-state index >= 15 is 0 Å². The molecule has 162 valence electrons. The standard InChI is InChI=1S/C24H25ClFN3O2/c1-15-9-21(6-7-22(15)28-13-16(2)27-14-28)31-23-5-4-8-29(24(23)30)17(3)18-10-19(25)12-20(26)11-18/h6-7,9-14,17,23H,4-5,8H2,1-3H3. The topological polar surface area (TPSA) is 47.4 Å². The Morgan fingerprint density at radius 3 is 2.71 bits per heavy atom. The van der Waals surface area contributed by atoms with Gasteiger partial charge in [-0.15, -0.1) is 0 Å². The van der Waals surface area contributed by atoms with Crippen LogP contribution in [0.25, 0.3) is 5.69 Å². The monoisotopic (exact) mass is 441 g/mol. The maximum Gasteiger partial charge on any atom is 0.264 e. The highest BCUT2D eigenvalue weighted by Gasteiger charge is 2.33. The first kappa shape index (κ1) is 21.4. The summed E-state index contributed by atoms with van der Waals surface area (Å²) in [7, 11) is 0. The zero-order valence-corrected chi connectivity index (χ0v) is 18.6. The SMILES string of the molecule is Cc1cn(-c2ccc(OC3CCCN(C(C)c4cc(F)cc(Cl)c4)C3=O)cc2C)cn1. The molecule has 1 aliphatic rings. The van der Waals surface area contributed by atoms with Crippen LogP contribution in [0.15, 0.2) is 48.9 Å². The number of carbonyl (C=O) groups is 1. The van der Waals surface area contributed by atoms with Crippen LogP contribution in [0.5, 0.6) is 5.75 Å². The first-order chi connectivity index (χ1) is 14.8. The lowest BCUT2D eigenvalue weighted by molar-refractivity contribution is -0.144. The van der Waals surface area contributed by atoms with E-state index in [0.29, 0.717) is 29.3 Å². The summed E-state index contributed by atoms with van der Waals surface area (Å²) < 4.78 is 21.9. The third-order valence-corrected chi connectivity index (χ3v) is 5.91. The van der Waals surface area contributed by atoms with Crippen molar-refractivity contribution in [2.45, 2.75) is 45.8 Å². The highest BCUT2D eigenvalue weighted by molar-refractivity contribution is 6.30. The summed E-state index contributed by atoms with van der Waals surface area (Å²) in [6.45, 7) is 6.44. The zero-order chi connectivity index (χ0) is 22.1. The van der Waals surface area contributed by atoms with Crippen LogP contribution in [0, 0.1) is 19.7 Å². The van der Waals surface area contributed by atoms with E-state index in [0.717, 1.165) is 23.4 Å². The lowest BCUT2D eigenvalue weighted by Gasteiger charge is -2.36. The molecule has 7 heteroatoms. The van der Waals surface area contributed by atoms with Gasteiger partial charge in [0, 0.05) is 23.5 Å². The minimum Gasteiger partial charge on any atom is -0.481 e. The van der Waals surface area contributed by atoms with Crippen LogP contribution < -0.4 is 4.74 Å². The molecular weight excluding hydrogens is 417 g/mol. The normalized spacial score (nSPS) is 17.6. The minimum absolute atomic E-state index is 0.0916. The number of halogens is 2. The Labute approximate surface area is 186 Å². The Morgan fingerprint density at radius 1 is 1.23 bits per heavy atom. The molecule has 0 spiro atoms. The molecule has 1 aromatic heterocycles. The molecule has 1 aliphatic heterocycles. The van der Waals surface area contributed by atoms with Gasteiger partial charge in [0.05, 0.1) is 18.1 Å². The Hall–Kier alpha value is -2.86. The van der Waals surface area contributed by atoms with Gasteiger partial charge in [-0.2, -0.15) is 0 Å². The predicted octanol–water partition coefficient (Wildman–Crippen LogP) is 5.41. The average Bonchev–Trinajstić information content (AvgIpc) is 3.14. The van der Waals surface area contributed by atoms with E-state index in [1.165, 1.54) is 12.1 Å². The van der Waals surface area contributed by atoms with Gasteiger partial charge >= 0.3 is 0 Å². The number of ether oxygens (including phenoxy) is 1. The number of piperidine rings is 1. The summed E-state index contributed by atoms with van der Waals surface area (Å²) in [5.74, 6) is 0.154. The van der Waals surface area contributed by atoms with Gasteiger partial charge in [0.15, 0.2) is 6.10 Å². The Bertz CT molecular complexity index is 1090. The van der Waals surface area contributed by atoms with E-state index in [-0.39, 0.29) is 11.9 Å². The van der Waals surface area contributed by atoms with Crippen LogP contribution in [0.3, 0.4) is 0 Å². The summed E-state index contributed by atoms with van der Waals surface area (Å²) in [4.78, 5) is 19.2. The van der Waals surface area contributed by atoms with Crippen LogP contribution in [0.1, 0.15) is 42.6 Å². The molecule has 5 nitrogen and oxygen atoms in total. The number of benzene rings is 2. The first-order valence-corrected chi connectivity index (χ1v) is 10.7. The number of likely N-dealkylation sites (tertiary alicyclic amines) is 1. The second-order valence-corrected chi connectivity index (χ2v) is 8.47. The molecular formula is C24H25ClFN3O2. The minimum atomic E-state index is -0.569. The predicted molar refractivity (Wildman–Crippen MR) is 118 cm³/mol. The maximum atomic E-state index is 13.8. The fourth-order valence-corrected chi connectivity index (χ4v) is 4.29. The van der Waals surface area contributed by atoms with Crippen LogP contribution in [0.2, 0.25) is 5.02 Å². The van der Waals surface area contributed by atoms with Gasteiger partial charge in [0.1, 0.15) is 11.6 Å². The number of amides is 1. The molecule has 4 rings (SSSR count). The lowest BCUT2D eigenvalue weighted by Crippen LogP contribution is -2.47. The van der Waals surface area contributed by atoms with Crippen molar-refractivity contribution in [2.75, 3.05) is 6.54 Å². The van der Waals surface area contributed by atoms with Crippen LogP contribution in [0.4, 0.5) is 4.39 Å². The van der Waals surface area contributed by atoms with E-state index < -0.39 is 11.9 Å². The van der Waals surface area contributed by atoms with Crippen LogP contribution >= 0.6 is 11.6 Å². The quantitative estimate of drug-likeness (QED) is 0.531. The van der Waals surface area contributed by atoms with Gasteiger partial charge in [0.2, 0.25) is 0 Å². The van der Waals surface area contributed by atoms with E-state index in [1.54, 1.807) is 17.3 Å². The molecule has 31 heavy (non-hydrogen) atoms. The number of imidazole rings is 1. The smallest absolute Gasteiger partial charge is 0.264 e. The van der Waals surface area contributed by atoms with Gasteiger partial charge in [-0.1, -0.05) is 11.6 Å². The molecule has 1 amide bonds. The lowest BCUT2D eigenvalue weighted by atomic mass is 10.0. The number of hydrogen-bond acceptors (Lipinski definition) is 3. The van der Waals surface area contributed by atoms with E-state index in [9.17, 15) is 9.18 Å². The molecule has 2 heterocycles. The highest BCUT2D eigenvalue weighted by Crippen LogP contribution is 2.30. The number of carbonyl (C=O) groups excluding carboxylic acids is 1. The van der Waals surface area contributed by atoms with Gasteiger partial charge in [-0.25, -0.2) is 9.37 Å². The molecule has 2 unspecified atom stereocenters. The van der Waals surface area contributed by atoms with E-state index in [2.05, 4.69) is 4.98 Å². The van der Waals surface area contributed by atoms with Gasteiger partial charge in [-0.3, -0.25) is 4.79 Å². The summed E-state index contributed by atoms with van der Waals surface area (Å²) in [5, 5.41) is 0.322. The van der Waals surface area contributed by atoms with E-state index in [1.807, 2.05) is 49.7 Å². The molecule has 0 aliphatic carbocycles. The third kappa shape index (κ3) is 4.59. The molecule has 1 fully saturated rings. The van der Waals surface area contributed by atoms with Crippen molar-refractivity contribution in [1.82, 2.24) is 14.5 Å². The largest absolute Gasteiger partial charge is 0.481 e. The molecule has 0 N–H and O–H groups in total. The number of aromatic nitrogens is 2. The molecule has 1 saturated heterocycles. The summed E-state index contributed by atoms with van der Waals surface area (Å²) >= 11 is 6.00. The van der Waals surface area contributed by atoms with Crippen molar-refractivity contribution in [1.29, 1.82) is 0 Å². The van der Waals surface area contributed by atoms with Crippen molar-refractivity contribution >= 4 is 17.5 Å². The second-order valence-electron chi connectivity index (χ2n) is 8.03. The van der Waals surface area contributed by atoms with Crippen molar-refractivity contribution in [3.63, 3.8) is 0 Å². The zero-order valence-electron chi connectivity index (χ0n) is 17.8. The van der Waals surface area contributed by atoms with Crippen molar-refractivity contribution in [3.8, 4) is 11.4 Å². The van der Waals surface area contributed by atoms with E-state index in [4.69, 9.17) is 16.3 Å². The molecule has 3 aromatic rings. The molecule has 0 saturated carbocycles. The average molecular weight is 442 g/mol. The van der Waals surface area contributed by atoms with Crippen molar-refractivity contribution in [2.24, 2.45) is 0 Å². The third-order valence-electron chi connectivity index (χ3n) is 5.70. The Balaban J connectivity index is 1.50. The van der Waals surface area contributed by atoms with Crippen molar-refractivity contribution < 1.29 is 13.9 Å². The fourth-order valence-electron chi connectivity index (χ4n) is 4.06. The summed E-state index contributed by atoms with van der Waals surface area (Å²) in [6, 6.07) is 9.88. The van der Waals surface area contributed by atoms with Gasteiger partial charge < -0.3 is 14.2 Å². The second kappa shape index (κ2) is 8.71. The maximum absolute atomic E-state index is 13.8. The Kier molecular flexibility index (Phi) is 6.01. The summed E-state index contributed by atoms with van der Waals surface area (Å²) in [6.07, 6.45) is 4.63. The summed E-state index contributed by atoms with van der Waals surface area (Å²) in [5.41, 5.74) is 3.66. The number of aryl methyl sites for hydroxylation is 2. The number of nitrogens with zero attached hydrogens (tertiary/aromatic N) is 3. The van der Waals surface area contributed by atoms with Crippen LogP contribution in [-0.2, 0) is 4.79 Å².